The molecule has 3 heteroatoms. The van der Waals surface area contributed by atoms with Crippen LogP contribution in [0.4, 0.5) is 0 Å². The van der Waals surface area contributed by atoms with Gasteiger partial charge in [0.2, 0.25) is 0 Å². The minimum absolute atomic E-state index is 0.857. The third kappa shape index (κ3) is 1.37. The highest BCUT2D eigenvalue weighted by atomic mass is 15.3. The molecule has 16 heavy (non-hydrogen) atoms. The van der Waals surface area contributed by atoms with Gasteiger partial charge in [0, 0.05) is 23.9 Å². The topological polar surface area (TPSA) is 30.2 Å². The number of aromatic nitrogens is 3. The molecule has 1 radical (unpaired) electrons. The summed E-state index contributed by atoms with van der Waals surface area (Å²) < 4.78 is 1.81. The van der Waals surface area contributed by atoms with Crippen LogP contribution in [0, 0.1) is 13.0 Å². The molecule has 0 atom stereocenters. The molecule has 0 bridgehead atoms. The fourth-order valence-electron chi connectivity index (χ4n) is 1.71. The maximum atomic E-state index is 4.51. The smallest absolute Gasteiger partial charge is 0.155 e. The van der Waals surface area contributed by atoms with Gasteiger partial charge in [0.05, 0.1) is 11.4 Å². The van der Waals surface area contributed by atoms with E-state index >= 15 is 0 Å². The number of hydrogen-bond donors (Lipinski definition) is 0. The highest BCUT2D eigenvalue weighted by Gasteiger charge is 2.05. The number of rotatable bonds is 1. The van der Waals surface area contributed by atoms with Crippen LogP contribution in [0.1, 0.15) is 5.69 Å². The van der Waals surface area contributed by atoms with Gasteiger partial charge in [-0.3, -0.25) is 0 Å². The molecule has 0 N–H and O–H groups in total. The van der Waals surface area contributed by atoms with E-state index in [-0.39, 0.29) is 0 Å². The summed E-state index contributed by atoms with van der Waals surface area (Å²) in [5.41, 5.74) is 3.87. The van der Waals surface area contributed by atoms with Gasteiger partial charge in [-0.25, -0.2) is 9.50 Å². The monoisotopic (exact) mass is 208 g/mol. The van der Waals surface area contributed by atoms with Gasteiger partial charge in [0.25, 0.3) is 0 Å². The van der Waals surface area contributed by atoms with Gasteiger partial charge in [0.15, 0.2) is 5.65 Å². The molecule has 0 aliphatic heterocycles. The molecule has 2 heterocycles. The number of fused-ring (bicyclic) bond motifs is 1. The van der Waals surface area contributed by atoms with Crippen molar-refractivity contribution < 1.29 is 0 Å². The first-order valence-corrected chi connectivity index (χ1v) is 5.13. The lowest BCUT2D eigenvalue weighted by Crippen LogP contribution is -1.94. The zero-order chi connectivity index (χ0) is 11.0. The van der Waals surface area contributed by atoms with Gasteiger partial charge in [-0.2, -0.15) is 5.10 Å². The van der Waals surface area contributed by atoms with E-state index in [1.165, 1.54) is 0 Å². The quantitative estimate of drug-likeness (QED) is 0.615. The Bertz CT molecular complexity index is 626. The van der Waals surface area contributed by atoms with Crippen molar-refractivity contribution in [2.24, 2.45) is 0 Å². The summed E-state index contributed by atoms with van der Waals surface area (Å²) >= 11 is 0. The van der Waals surface area contributed by atoms with Crippen LogP contribution in [0.3, 0.4) is 0 Å². The molecule has 2 aromatic heterocycles. The lowest BCUT2D eigenvalue weighted by atomic mass is 10.2. The summed E-state index contributed by atoms with van der Waals surface area (Å²) in [5, 5.41) is 4.51. The second kappa shape index (κ2) is 3.45. The van der Waals surface area contributed by atoms with Crippen LogP contribution in [0.5, 0.6) is 0 Å². The Morgan fingerprint density at radius 3 is 2.75 bits per heavy atom. The summed E-state index contributed by atoms with van der Waals surface area (Å²) in [4.78, 5) is 4.23. The van der Waals surface area contributed by atoms with E-state index in [2.05, 4.69) is 16.1 Å². The van der Waals surface area contributed by atoms with Gasteiger partial charge in [-0.05, 0) is 6.92 Å². The molecule has 0 aliphatic carbocycles. The summed E-state index contributed by atoms with van der Waals surface area (Å²) in [6.07, 6.45) is 1.68. The molecule has 3 aromatic rings. The van der Waals surface area contributed by atoms with Crippen molar-refractivity contribution >= 4 is 5.65 Å². The fraction of sp³-hybridized carbons (Fsp3) is 0.0769. The highest BCUT2D eigenvalue weighted by molar-refractivity contribution is 5.63. The molecule has 1 aromatic carbocycles. The summed E-state index contributed by atoms with van der Waals surface area (Å²) in [6.45, 7) is 1.97. The predicted molar refractivity (Wildman–Crippen MR) is 62.0 cm³/mol. The molecule has 3 nitrogen and oxygen atoms in total. The Kier molecular flexibility index (Phi) is 1.96. The van der Waals surface area contributed by atoms with E-state index in [1.54, 1.807) is 6.20 Å². The number of benzene rings is 1. The van der Waals surface area contributed by atoms with Crippen LogP contribution in [0.25, 0.3) is 16.9 Å². The van der Waals surface area contributed by atoms with Crippen LogP contribution in [0.2, 0.25) is 0 Å². The van der Waals surface area contributed by atoms with Crippen molar-refractivity contribution in [3.63, 3.8) is 0 Å². The molecule has 3 rings (SSSR count). The molecule has 0 aliphatic rings. The number of aryl methyl sites for hydroxylation is 1. The molecular weight excluding hydrogens is 198 g/mol. The lowest BCUT2D eigenvalue weighted by molar-refractivity contribution is 0.896. The van der Waals surface area contributed by atoms with E-state index < -0.39 is 0 Å². The predicted octanol–water partition coefficient (Wildman–Crippen LogP) is 2.50. The van der Waals surface area contributed by atoms with Crippen molar-refractivity contribution in [3.05, 3.63) is 54.4 Å². The fourth-order valence-corrected chi connectivity index (χ4v) is 1.71. The molecule has 0 spiro atoms. The van der Waals surface area contributed by atoms with Gasteiger partial charge < -0.3 is 0 Å². The maximum Gasteiger partial charge on any atom is 0.155 e. The second-order valence-electron chi connectivity index (χ2n) is 3.65. The van der Waals surface area contributed by atoms with Crippen LogP contribution >= 0.6 is 0 Å². The average Bonchev–Trinajstić information content (AvgIpc) is 2.76. The second-order valence-corrected chi connectivity index (χ2v) is 3.65. The first-order valence-electron chi connectivity index (χ1n) is 5.13. The minimum atomic E-state index is 0.857. The van der Waals surface area contributed by atoms with E-state index in [0.29, 0.717) is 0 Å². The third-order valence-electron chi connectivity index (χ3n) is 2.55. The first kappa shape index (κ1) is 9.09. The van der Waals surface area contributed by atoms with Crippen LogP contribution < -0.4 is 0 Å². The molecule has 0 saturated heterocycles. The summed E-state index contributed by atoms with van der Waals surface area (Å²) in [5.74, 6) is 0. The van der Waals surface area contributed by atoms with Gasteiger partial charge in [-0.15, -0.1) is 0 Å². The lowest BCUT2D eigenvalue weighted by Gasteiger charge is -1.95. The normalized spacial score (nSPS) is 10.8. The van der Waals surface area contributed by atoms with Crippen molar-refractivity contribution in [2.45, 2.75) is 6.92 Å². The molecule has 0 fully saturated rings. The SMILES string of the molecule is Cc1[c]cnc2cc(-c3ccccc3)nn12. The average molecular weight is 208 g/mol. The van der Waals surface area contributed by atoms with Gasteiger partial charge >= 0.3 is 0 Å². The zero-order valence-corrected chi connectivity index (χ0v) is 8.88. The van der Waals surface area contributed by atoms with Gasteiger partial charge in [0.1, 0.15) is 0 Å². The zero-order valence-electron chi connectivity index (χ0n) is 8.88. The van der Waals surface area contributed by atoms with E-state index in [1.807, 2.05) is 47.8 Å². The molecule has 0 unspecified atom stereocenters. The standard InChI is InChI=1S/C13H10N3/c1-10-7-8-14-13-9-12(15-16(10)13)11-5-3-2-4-6-11/h2-6,8-9H,1H3. The molecule has 0 amide bonds. The maximum absolute atomic E-state index is 4.51. The minimum Gasteiger partial charge on any atom is -0.236 e. The van der Waals surface area contributed by atoms with E-state index in [4.69, 9.17) is 0 Å². The Hall–Kier alpha value is -2.16. The van der Waals surface area contributed by atoms with Crippen molar-refractivity contribution in [3.8, 4) is 11.3 Å². The molecule has 77 valence electrons. The van der Waals surface area contributed by atoms with Gasteiger partial charge in [-0.1, -0.05) is 30.3 Å². The Morgan fingerprint density at radius 1 is 1.19 bits per heavy atom. The number of hydrogen-bond acceptors (Lipinski definition) is 2. The molecular formula is C13H10N3. The number of nitrogens with zero attached hydrogens (tertiary/aromatic N) is 3. The third-order valence-corrected chi connectivity index (χ3v) is 2.55. The summed E-state index contributed by atoms with van der Waals surface area (Å²) in [6, 6.07) is 15.1. The van der Waals surface area contributed by atoms with Crippen molar-refractivity contribution in [1.82, 2.24) is 14.6 Å². The van der Waals surface area contributed by atoms with Crippen molar-refractivity contribution in [2.75, 3.05) is 0 Å². The van der Waals surface area contributed by atoms with E-state index in [9.17, 15) is 0 Å². The van der Waals surface area contributed by atoms with Crippen LogP contribution in [-0.4, -0.2) is 14.6 Å². The summed E-state index contributed by atoms with van der Waals surface area (Å²) in [7, 11) is 0. The molecule has 0 saturated carbocycles. The Labute approximate surface area is 93.4 Å². The van der Waals surface area contributed by atoms with Crippen molar-refractivity contribution in [1.29, 1.82) is 0 Å². The van der Waals surface area contributed by atoms with Crippen LogP contribution in [0.15, 0.2) is 42.6 Å². The largest absolute Gasteiger partial charge is 0.236 e. The van der Waals surface area contributed by atoms with E-state index in [0.717, 1.165) is 22.6 Å². The first-order chi connectivity index (χ1) is 7.84. The Morgan fingerprint density at radius 2 is 2.00 bits per heavy atom. The highest BCUT2D eigenvalue weighted by Crippen LogP contribution is 2.18. The Balaban J connectivity index is 2.23. The van der Waals surface area contributed by atoms with Crippen LogP contribution in [-0.2, 0) is 0 Å².